The summed E-state index contributed by atoms with van der Waals surface area (Å²) in [4.78, 5) is 17.0. The van der Waals surface area contributed by atoms with Gasteiger partial charge >= 0.3 is 6.03 Å². The van der Waals surface area contributed by atoms with Gasteiger partial charge in [0.15, 0.2) is 0 Å². The van der Waals surface area contributed by atoms with Crippen molar-refractivity contribution in [1.82, 2.24) is 9.80 Å². The van der Waals surface area contributed by atoms with Gasteiger partial charge in [-0.1, -0.05) is 0 Å². The Morgan fingerprint density at radius 1 is 1.17 bits per heavy atom. The number of hydrogen-bond acceptors (Lipinski definition) is 2. The molecule has 0 N–H and O–H groups in total. The zero-order chi connectivity index (χ0) is 15.9. The number of methoxy groups -OCH3 is 1. The number of likely N-dealkylation sites (N-methyl/N-ethyl adjacent to an activating group) is 1. The zero-order valence-electron chi connectivity index (χ0n) is 14.7. The van der Waals surface area contributed by atoms with Crippen LogP contribution in [0.4, 0.5) is 4.79 Å². The van der Waals surface area contributed by atoms with E-state index in [9.17, 15) is 4.79 Å². The monoisotopic (exact) mass is 318 g/mol. The second kappa shape index (κ2) is 4.65. The lowest BCUT2D eigenvalue weighted by Gasteiger charge is -2.65. The quantitative estimate of drug-likeness (QED) is 0.801. The first kappa shape index (κ1) is 14.6. The Labute approximate surface area is 139 Å². The Balaban J connectivity index is 1.51. The smallest absolute Gasteiger partial charge is 0.320 e. The summed E-state index contributed by atoms with van der Waals surface area (Å²) in [6.07, 6.45) is 7.93. The molecule has 7 atom stereocenters. The van der Waals surface area contributed by atoms with Gasteiger partial charge in [0.2, 0.25) is 0 Å². The predicted molar refractivity (Wildman–Crippen MR) is 88.0 cm³/mol. The molecule has 5 saturated carbocycles. The average molecular weight is 318 g/mol. The lowest BCUT2D eigenvalue weighted by atomic mass is 9.46. The number of urea groups is 1. The second-order valence-corrected chi connectivity index (χ2v) is 9.19. The van der Waals surface area contributed by atoms with Crippen LogP contribution in [0.2, 0.25) is 0 Å². The van der Waals surface area contributed by atoms with Crippen LogP contribution >= 0.6 is 0 Å². The molecule has 0 aromatic heterocycles. The first-order chi connectivity index (χ1) is 11.0. The summed E-state index contributed by atoms with van der Waals surface area (Å²) >= 11 is 0. The van der Waals surface area contributed by atoms with E-state index in [1.54, 1.807) is 0 Å². The molecule has 6 fully saturated rings. The summed E-state index contributed by atoms with van der Waals surface area (Å²) in [5, 5.41) is 0. The highest BCUT2D eigenvalue weighted by Crippen LogP contribution is 2.65. The van der Waals surface area contributed by atoms with Gasteiger partial charge in [-0.25, -0.2) is 4.79 Å². The molecule has 0 aromatic carbocycles. The molecule has 0 spiro atoms. The number of carbonyl (C=O) groups excluding carboxylic acids is 1. The van der Waals surface area contributed by atoms with E-state index < -0.39 is 0 Å². The Kier molecular flexibility index (Phi) is 2.94. The van der Waals surface area contributed by atoms with Gasteiger partial charge in [-0.2, -0.15) is 0 Å². The largest absolute Gasteiger partial charge is 0.378 e. The third kappa shape index (κ3) is 1.85. The van der Waals surface area contributed by atoms with Crippen LogP contribution in [-0.2, 0) is 4.74 Å². The molecular formula is C19H30N2O2. The van der Waals surface area contributed by atoms with E-state index in [1.807, 2.05) is 19.1 Å². The number of nitrogens with zero attached hydrogens (tertiary/aromatic N) is 2. The fourth-order valence-electron chi connectivity index (χ4n) is 7.09. The standard InChI is InChI=1S/C19H30N2O2/c1-11-10-21(18(22)20(11)2)17-14-6-12-7-15(17)16(13-4-5-13)19(8-12,9-14)23-3/h11-17H,4-10H2,1-3H3. The van der Waals surface area contributed by atoms with Crippen molar-refractivity contribution in [1.29, 1.82) is 0 Å². The van der Waals surface area contributed by atoms with E-state index in [0.717, 1.165) is 18.4 Å². The van der Waals surface area contributed by atoms with Gasteiger partial charge in [0.05, 0.1) is 5.60 Å². The van der Waals surface area contributed by atoms with Crippen molar-refractivity contribution < 1.29 is 9.53 Å². The van der Waals surface area contributed by atoms with Crippen LogP contribution in [-0.4, -0.2) is 54.2 Å². The highest BCUT2D eigenvalue weighted by atomic mass is 16.5. The molecule has 0 radical (unpaired) electrons. The van der Waals surface area contributed by atoms with Gasteiger partial charge in [0.1, 0.15) is 0 Å². The fourth-order valence-corrected chi connectivity index (χ4v) is 7.09. The molecule has 2 amide bonds. The lowest BCUT2D eigenvalue weighted by molar-refractivity contribution is -0.215. The van der Waals surface area contributed by atoms with Gasteiger partial charge in [-0.3, -0.25) is 0 Å². The van der Waals surface area contributed by atoms with E-state index in [2.05, 4.69) is 11.8 Å². The van der Waals surface area contributed by atoms with Gasteiger partial charge in [0, 0.05) is 32.8 Å². The van der Waals surface area contributed by atoms with Crippen LogP contribution in [0.5, 0.6) is 0 Å². The maximum absolute atomic E-state index is 12.8. The Hall–Kier alpha value is -0.770. The molecule has 4 nitrogen and oxygen atoms in total. The van der Waals surface area contributed by atoms with Crippen molar-refractivity contribution in [2.45, 2.75) is 63.1 Å². The Morgan fingerprint density at radius 3 is 2.57 bits per heavy atom. The van der Waals surface area contributed by atoms with E-state index in [1.165, 1.54) is 38.5 Å². The first-order valence-electron chi connectivity index (χ1n) is 9.62. The molecule has 23 heavy (non-hydrogen) atoms. The topological polar surface area (TPSA) is 32.8 Å². The van der Waals surface area contributed by atoms with Crippen molar-refractivity contribution in [3.8, 4) is 0 Å². The van der Waals surface area contributed by atoms with Crippen LogP contribution in [0.3, 0.4) is 0 Å². The number of carbonyl (C=O) groups is 1. The zero-order valence-corrected chi connectivity index (χ0v) is 14.7. The minimum atomic E-state index is 0.147. The number of hydrogen-bond donors (Lipinski definition) is 0. The van der Waals surface area contributed by atoms with E-state index in [4.69, 9.17) is 4.74 Å². The SMILES string of the molecule is COC12CC3CC(C1)C(N1CC(C)N(C)C1=O)C(C3)C2C1CC1. The fraction of sp³-hybridized carbons (Fsp3) is 0.947. The maximum atomic E-state index is 12.8. The van der Waals surface area contributed by atoms with Gasteiger partial charge in [-0.05, 0) is 75.0 Å². The normalized spacial score (nSPS) is 51.9. The van der Waals surface area contributed by atoms with Crippen molar-refractivity contribution in [3.05, 3.63) is 0 Å². The van der Waals surface area contributed by atoms with Crippen LogP contribution < -0.4 is 0 Å². The summed E-state index contributed by atoms with van der Waals surface area (Å²) in [6.45, 7) is 3.11. The van der Waals surface area contributed by atoms with E-state index in [-0.39, 0.29) is 11.6 Å². The molecule has 1 heterocycles. The third-order valence-electron chi connectivity index (χ3n) is 8.04. The van der Waals surface area contributed by atoms with Crippen LogP contribution in [0, 0.1) is 29.6 Å². The van der Waals surface area contributed by atoms with E-state index in [0.29, 0.717) is 29.8 Å². The van der Waals surface area contributed by atoms with Gasteiger partial charge < -0.3 is 14.5 Å². The number of ether oxygens (including phenoxy) is 1. The molecule has 0 aromatic rings. The first-order valence-corrected chi connectivity index (χ1v) is 9.62. The predicted octanol–water partition coefficient (Wildman–Crippen LogP) is 2.97. The Morgan fingerprint density at radius 2 is 1.96 bits per heavy atom. The summed E-state index contributed by atoms with van der Waals surface area (Å²) < 4.78 is 6.23. The molecule has 1 aliphatic heterocycles. The second-order valence-electron chi connectivity index (χ2n) is 9.19. The lowest BCUT2D eigenvalue weighted by Crippen LogP contribution is -2.67. The minimum Gasteiger partial charge on any atom is -0.378 e. The van der Waals surface area contributed by atoms with Crippen LogP contribution in [0.25, 0.3) is 0 Å². The molecular weight excluding hydrogens is 288 g/mol. The average Bonchev–Trinajstić information content (AvgIpc) is 3.32. The molecule has 128 valence electrons. The number of rotatable bonds is 3. The molecule has 7 unspecified atom stereocenters. The molecule has 1 saturated heterocycles. The molecule has 4 heteroatoms. The molecule has 5 aliphatic carbocycles. The van der Waals surface area contributed by atoms with Crippen molar-refractivity contribution in [2.24, 2.45) is 29.6 Å². The maximum Gasteiger partial charge on any atom is 0.320 e. The third-order valence-corrected chi connectivity index (χ3v) is 8.04. The Bertz CT molecular complexity index is 533. The van der Waals surface area contributed by atoms with Crippen LogP contribution in [0.15, 0.2) is 0 Å². The molecule has 4 bridgehead atoms. The van der Waals surface area contributed by atoms with E-state index >= 15 is 0 Å². The van der Waals surface area contributed by atoms with Gasteiger partial charge in [0.25, 0.3) is 0 Å². The van der Waals surface area contributed by atoms with Crippen molar-refractivity contribution >= 4 is 6.03 Å². The van der Waals surface area contributed by atoms with Crippen LogP contribution in [0.1, 0.15) is 45.4 Å². The summed E-state index contributed by atoms with van der Waals surface area (Å²) in [5.41, 5.74) is 0.147. The van der Waals surface area contributed by atoms with Crippen molar-refractivity contribution in [3.63, 3.8) is 0 Å². The molecule has 6 aliphatic rings. The highest BCUT2D eigenvalue weighted by Gasteiger charge is 2.66. The highest BCUT2D eigenvalue weighted by molar-refractivity contribution is 5.77. The summed E-state index contributed by atoms with van der Waals surface area (Å²) in [6, 6.07) is 1.12. The summed E-state index contributed by atoms with van der Waals surface area (Å²) in [7, 11) is 3.92. The van der Waals surface area contributed by atoms with Crippen molar-refractivity contribution in [2.75, 3.05) is 20.7 Å². The summed E-state index contributed by atoms with van der Waals surface area (Å²) in [5.74, 6) is 3.79. The number of amides is 2. The minimum absolute atomic E-state index is 0.147. The molecule has 6 rings (SSSR count). The van der Waals surface area contributed by atoms with Gasteiger partial charge in [-0.15, -0.1) is 0 Å².